The van der Waals surface area contributed by atoms with E-state index in [0.717, 1.165) is 0 Å². The number of carbonyl (C=O) groups excluding carboxylic acids is 1. The van der Waals surface area contributed by atoms with Gasteiger partial charge in [-0.25, -0.2) is 13.8 Å². The maximum absolute atomic E-state index is 13.7. The molecule has 0 bridgehead atoms. The van der Waals surface area contributed by atoms with Crippen molar-refractivity contribution in [3.05, 3.63) is 53.1 Å². The molecule has 0 radical (unpaired) electrons. The van der Waals surface area contributed by atoms with E-state index >= 15 is 0 Å². The number of hydrogen-bond donors (Lipinski definition) is 1. The lowest BCUT2D eigenvalue weighted by Crippen LogP contribution is -2.29. The van der Waals surface area contributed by atoms with E-state index in [2.05, 4.69) is 10.3 Å². The summed E-state index contributed by atoms with van der Waals surface area (Å²) in [5.41, 5.74) is 0.685. The van der Waals surface area contributed by atoms with Gasteiger partial charge in [0.15, 0.2) is 5.13 Å². The molecule has 1 aromatic heterocycles. The number of nitrogens with one attached hydrogen (secondary N) is 1. The molecule has 0 saturated carbocycles. The van der Waals surface area contributed by atoms with Gasteiger partial charge < -0.3 is 10.2 Å². The van der Waals surface area contributed by atoms with Crippen molar-refractivity contribution in [3.63, 3.8) is 0 Å². The Morgan fingerprint density at radius 2 is 2.08 bits per heavy atom. The first-order valence-electron chi connectivity index (χ1n) is 6.95. The van der Waals surface area contributed by atoms with Gasteiger partial charge in [-0.2, -0.15) is 0 Å². The maximum atomic E-state index is 13.7. The number of benzene rings is 2. The Morgan fingerprint density at radius 1 is 1.29 bits per heavy atom. The zero-order valence-electron chi connectivity index (χ0n) is 12.5. The second-order valence-corrected chi connectivity index (χ2v) is 6.53. The summed E-state index contributed by atoms with van der Waals surface area (Å²) in [6.45, 7) is 0.0104. The van der Waals surface area contributed by atoms with Crippen LogP contribution in [-0.2, 0) is 4.79 Å². The molecule has 1 N–H and O–H groups in total. The summed E-state index contributed by atoms with van der Waals surface area (Å²) in [5, 5.41) is 3.09. The van der Waals surface area contributed by atoms with E-state index in [0.29, 0.717) is 15.5 Å². The topological polar surface area (TPSA) is 45.2 Å². The van der Waals surface area contributed by atoms with Crippen molar-refractivity contribution < 1.29 is 13.6 Å². The molecule has 3 aromatic rings. The summed E-state index contributed by atoms with van der Waals surface area (Å²) in [4.78, 5) is 17.9. The zero-order chi connectivity index (χ0) is 17.3. The number of anilines is 2. The van der Waals surface area contributed by atoms with E-state index in [1.54, 1.807) is 24.1 Å². The molecule has 24 heavy (non-hydrogen) atoms. The molecule has 0 aliphatic heterocycles. The summed E-state index contributed by atoms with van der Waals surface area (Å²) in [5.74, 6) is -1.27. The Labute approximate surface area is 145 Å². The highest BCUT2D eigenvalue weighted by molar-refractivity contribution is 7.22. The van der Waals surface area contributed by atoms with Gasteiger partial charge in [0.25, 0.3) is 0 Å². The third kappa shape index (κ3) is 3.47. The normalized spacial score (nSPS) is 10.8. The number of carbonyl (C=O) groups is 1. The first kappa shape index (κ1) is 16.6. The van der Waals surface area contributed by atoms with Crippen LogP contribution in [0.2, 0.25) is 5.02 Å². The zero-order valence-corrected chi connectivity index (χ0v) is 14.1. The lowest BCUT2D eigenvalue weighted by molar-refractivity contribution is -0.114. The minimum absolute atomic E-state index is 0.0104. The van der Waals surface area contributed by atoms with E-state index in [9.17, 15) is 13.6 Å². The fourth-order valence-electron chi connectivity index (χ4n) is 2.12. The standard InChI is InChI=1S/C16H12ClF2N3OS/c1-22(16-21-15-12(19)3-2-4-13(15)24-16)8-14(23)20-9-5-6-11(18)10(17)7-9/h2-7H,8H2,1H3,(H,20,23). The van der Waals surface area contributed by atoms with Gasteiger partial charge in [-0.3, -0.25) is 4.79 Å². The van der Waals surface area contributed by atoms with Gasteiger partial charge in [0.05, 0.1) is 16.3 Å². The van der Waals surface area contributed by atoms with Crippen LogP contribution in [0.15, 0.2) is 36.4 Å². The number of thiazole rings is 1. The number of amides is 1. The fourth-order valence-corrected chi connectivity index (χ4v) is 3.24. The molecule has 0 fully saturated rings. The Balaban J connectivity index is 1.70. The molecule has 124 valence electrons. The Bertz CT molecular complexity index is 915. The molecule has 0 aliphatic carbocycles. The van der Waals surface area contributed by atoms with E-state index < -0.39 is 11.6 Å². The first-order valence-corrected chi connectivity index (χ1v) is 8.14. The molecule has 0 aliphatic rings. The van der Waals surface area contributed by atoms with E-state index in [1.165, 1.54) is 35.6 Å². The second-order valence-electron chi connectivity index (χ2n) is 5.12. The van der Waals surface area contributed by atoms with Crippen LogP contribution in [0.1, 0.15) is 0 Å². The van der Waals surface area contributed by atoms with Crippen LogP contribution in [0.4, 0.5) is 19.6 Å². The number of fused-ring (bicyclic) bond motifs is 1. The summed E-state index contributed by atoms with van der Waals surface area (Å²) in [6.07, 6.45) is 0. The first-order chi connectivity index (χ1) is 11.4. The van der Waals surface area contributed by atoms with Crippen molar-refractivity contribution in [1.29, 1.82) is 0 Å². The van der Waals surface area contributed by atoms with Crippen molar-refractivity contribution in [2.75, 3.05) is 23.8 Å². The smallest absolute Gasteiger partial charge is 0.243 e. The highest BCUT2D eigenvalue weighted by atomic mass is 35.5. The number of nitrogens with zero attached hydrogens (tertiary/aromatic N) is 2. The molecule has 1 heterocycles. The minimum Gasteiger partial charge on any atom is -0.342 e. The average molecular weight is 368 g/mol. The highest BCUT2D eigenvalue weighted by Crippen LogP contribution is 2.29. The molecule has 8 heteroatoms. The van der Waals surface area contributed by atoms with Crippen molar-refractivity contribution in [2.45, 2.75) is 0 Å². The number of rotatable bonds is 4. The molecular formula is C16H12ClF2N3OS. The monoisotopic (exact) mass is 367 g/mol. The van der Waals surface area contributed by atoms with Crippen LogP contribution >= 0.6 is 22.9 Å². The quantitative estimate of drug-likeness (QED) is 0.747. The maximum Gasteiger partial charge on any atom is 0.243 e. The van der Waals surface area contributed by atoms with Crippen molar-refractivity contribution >= 4 is 49.9 Å². The third-order valence-electron chi connectivity index (χ3n) is 3.27. The molecule has 0 atom stereocenters. The minimum atomic E-state index is -0.553. The van der Waals surface area contributed by atoms with Gasteiger partial charge in [-0.05, 0) is 30.3 Å². The molecule has 0 saturated heterocycles. The molecule has 0 unspecified atom stereocenters. The molecule has 1 amide bonds. The van der Waals surface area contributed by atoms with Crippen molar-refractivity contribution in [3.8, 4) is 0 Å². The summed E-state index contributed by atoms with van der Waals surface area (Å²) >= 11 is 6.97. The molecule has 2 aromatic carbocycles. The SMILES string of the molecule is CN(CC(=O)Nc1ccc(F)c(Cl)c1)c1nc2c(F)cccc2s1. The van der Waals surface area contributed by atoms with Gasteiger partial charge >= 0.3 is 0 Å². The van der Waals surface area contributed by atoms with Crippen LogP contribution in [0.5, 0.6) is 0 Å². The van der Waals surface area contributed by atoms with E-state index in [1.807, 2.05) is 0 Å². The lowest BCUT2D eigenvalue weighted by atomic mass is 10.3. The Morgan fingerprint density at radius 3 is 2.79 bits per heavy atom. The van der Waals surface area contributed by atoms with Gasteiger partial charge in [0, 0.05) is 12.7 Å². The summed E-state index contributed by atoms with van der Waals surface area (Å²) in [6, 6.07) is 8.67. The molecule has 4 nitrogen and oxygen atoms in total. The Hall–Kier alpha value is -2.25. The number of para-hydroxylation sites is 1. The fraction of sp³-hybridized carbons (Fsp3) is 0.125. The highest BCUT2D eigenvalue weighted by Gasteiger charge is 2.14. The van der Waals surface area contributed by atoms with Crippen molar-refractivity contribution in [1.82, 2.24) is 4.98 Å². The predicted octanol–water partition coefficient (Wildman–Crippen LogP) is 4.30. The molecule has 0 spiro atoms. The largest absolute Gasteiger partial charge is 0.342 e. The second kappa shape index (κ2) is 6.70. The number of aromatic nitrogens is 1. The van der Waals surface area contributed by atoms with Crippen molar-refractivity contribution in [2.24, 2.45) is 0 Å². The number of halogens is 3. The predicted molar refractivity (Wildman–Crippen MR) is 92.9 cm³/mol. The van der Waals surface area contributed by atoms with Gasteiger partial charge in [-0.1, -0.05) is 29.0 Å². The van der Waals surface area contributed by atoms with E-state index in [-0.39, 0.29) is 23.0 Å². The average Bonchev–Trinajstić information content (AvgIpc) is 2.97. The lowest BCUT2D eigenvalue weighted by Gasteiger charge is -2.15. The van der Waals surface area contributed by atoms with E-state index in [4.69, 9.17) is 11.6 Å². The van der Waals surface area contributed by atoms with Crippen LogP contribution in [0.3, 0.4) is 0 Å². The number of likely N-dealkylation sites (N-methyl/N-ethyl adjacent to an activating group) is 1. The van der Waals surface area contributed by atoms with Crippen LogP contribution < -0.4 is 10.2 Å². The van der Waals surface area contributed by atoms with Crippen LogP contribution in [-0.4, -0.2) is 24.5 Å². The molecular weight excluding hydrogens is 356 g/mol. The van der Waals surface area contributed by atoms with Gasteiger partial charge in [0.1, 0.15) is 17.2 Å². The van der Waals surface area contributed by atoms with Gasteiger partial charge in [0.2, 0.25) is 5.91 Å². The summed E-state index contributed by atoms with van der Waals surface area (Å²) < 4.78 is 27.5. The summed E-state index contributed by atoms with van der Waals surface area (Å²) in [7, 11) is 1.69. The molecule has 3 rings (SSSR count). The Kier molecular flexibility index (Phi) is 4.64. The van der Waals surface area contributed by atoms with Crippen LogP contribution in [0.25, 0.3) is 10.2 Å². The van der Waals surface area contributed by atoms with Crippen LogP contribution in [0, 0.1) is 11.6 Å². The number of hydrogen-bond acceptors (Lipinski definition) is 4. The third-order valence-corrected chi connectivity index (χ3v) is 4.69. The van der Waals surface area contributed by atoms with Gasteiger partial charge in [-0.15, -0.1) is 0 Å².